The van der Waals surface area contributed by atoms with Gasteiger partial charge in [0.2, 0.25) is 0 Å². The van der Waals surface area contributed by atoms with Gasteiger partial charge in [0.05, 0.1) is 6.07 Å². The normalized spacial score (nSPS) is 7.56. The SMILES string of the molecule is ClC(Cl)Cl.N#CCCBr. The molecule has 0 heterocycles. The second kappa shape index (κ2) is 11.6. The van der Waals surface area contributed by atoms with Crippen molar-refractivity contribution in [3.05, 3.63) is 0 Å². The Balaban J connectivity index is 0. The van der Waals surface area contributed by atoms with Gasteiger partial charge in [0, 0.05) is 11.8 Å². The van der Waals surface area contributed by atoms with E-state index in [0.717, 1.165) is 5.33 Å². The predicted octanol–water partition coefficient (Wildman–Crippen LogP) is 3.28. The molecular weight excluding hydrogens is 248 g/mol. The molecule has 1 nitrogen and oxygen atoms in total. The molecule has 0 amide bonds. The van der Waals surface area contributed by atoms with Crippen LogP contribution < -0.4 is 0 Å². The lowest BCUT2D eigenvalue weighted by Gasteiger charge is -1.69. The number of hydrogen-bond acceptors (Lipinski definition) is 1. The third-order valence-electron chi connectivity index (χ3n) is 0.206. The first-order valence-electron chi connectivity index (χ1n) is 2.00. The molecule has 0 radical (unpaired) electrons. The van der Waals surface area contributed by atoms with Crippen LogP contribution in [0.3, 0.4) is 0 Å². The molecule has 0 aromatic carbocycles. The second-order valence-corrected chi connectivity index (χ2v) is 3.62. The van der Waals surface area contributed by atoms with E-state index in [1.807, 2.05) is 6.07 Å². The summed E-state index contributed by atoms with van der Waals surface area (Å²) in [5.41, 5.74) is 0. The first-order chi connectivity index (χ1) is 4.15. The fraction of sp³-hybridized carbons (Fsp3) is 0.750. The number of hydrogen-bond donors (Lipinski definition) is 0. The van der Waals surface area contributed by atoms with Crippen LogP contribution in [0.1, 0.15) is 6.42 Å². The van der Waals surface area contributed by atoms with Crippen molar-refractivity contribution in [1.29, 1.82) is 5.26 Å². The van der Waals surface area contributed by atoms with E-state index in [9.17, 15) is 0 Å². The van der Waals surface area contributed by atoms with Gasteiger partial charge in [-0.1, -0.05) is 50.7 Å². The van der Waals surface area contributed by atoms with Gasteiger partial charge in [0.1, 0.15) is 0 Å². The largest absolute Gasteiger partial charge is 0.198 e. The number of halogens is 4. The van der Waals surface area contributed by atoms with Crippen molar-refractivity contribution in [2.24, 2.45) is 0 Å². The van der Waals surface area contributed by atoms with E-state index in [-0.39, 0.29) is 0 Å². The van der Waals surface area contributed by atoms with Crippen LogP contribution in [0.4, 0.5) is 0 Å². The van der Waals surface area contributed by atoms with Crippen LogP contribution in [-0.2, 0) is 0 Å². The molecule has 54 valence electrons. The van der Waals surface area contributed by atoms with E-state index in [2.05, 4.69) is 15.9 Å². The van der Waals surface area contributed by atoms with Crippen molar-refractivity contribution in [1.82, 2.24) is 0 Å². The lowest BCUT2D eigenvalue weighted by atomic mass is 10.6. The Kier molecular flexibility index (Phi) is 16.1. The minimum Gasteiger partial charge on any atom is -0.198 e. The second-order valence-electron chi connectivity index (χ2n) is 0.845. The monoisotopic (exact) mass is 251 g/mol. The zero-order valence-corrected chi connectivity index (χ0v) is 8.30. The van der Waals surface area contributed by atoms with Crippen LogP contribution in [0.5, 0.6) is 0 Å². The average molecular weight is 253 g/mol. The summed E-state index contributed by atoms with van der Waals surface area (Å²) in [5, 5.41) is 8.58. The highest BCUT2D eigenvalue weighted by atomic mass is 79.9. The van der Waals surface area contributed by atoms with Gasteiger partial charge in [-0.05, 0) is 0 Å². The van der Waals surface area contributed by atoms with Gasteiger partial charge >= 0.3 is 0 Å². The molecule has 9 heavy (non-hydrogen) atoms. The molecule has 0 aliphatic rings. The van der Waals surface area contributed by atoms with Crippen molar-refractivity contribution in [2.75, 3.05) is 5.33 Å². The molecule has 0 fully saturated rings. The minimum atomic E-state index is -0.750. The topological polar surface area (TPSA) is 23.8 Å². The molecule has 0 N–H and O–H groups in total. The molecule has 0 aliphatic heterocycles. The number of nitriles is 1. The van der Waals surface area contributed by atoms with Gasteiger partial charge in [-0.3, -0.25) is 0 Å². The molecule has 0 rings (SSSR count). The van der Waals surface area contributed by atoms with E-state index < -0.39 is 4.30 Å². The minimum absolute atomic E-state index is 0.611. The van der Waals surface area contributed by atoms with Crippen molar-refractivity contribution in [3.8, 4) is 6.07 Å². The van der Waals surface area contributed by atoms with Crippen LogP contribution >= 0.6 is 50.7 Å². The first kappa shape index (κ1) is 12.5. The first-order valence-corrected chi connectivity index (χ1v) is 4.43. The van der Waals surface area contributed by atoms with E-state index in [4.69, 9.17) is 40.1 Å². The maximum atomic E-state index is 7.79. The molecule has 0 saturated heterocycles. The van der Waals surface area contributed by atoms with E-state index in [0.29, 0.717) is 6.42 Å². The van der Waals surface area contributed by atoms with Gasteiger partial charge in [0.15, 0.2) is 4.30 Å². The smallest absolute Gasteiger partial charge is 0.180 e. The van der Waals surface area contributed by atoms with Crippen molar-refractivity contribution >= 4 is 50.7 Å². The lowest BCUT2D eigenvalue weighted by Crippen LogP contribution is -1.59. The zero-order chi connectivity index (χ0) is 7.70. The molecule has 0 spiro atoms. The van der Waals surface area contributed by atoms with Crippen LogP contribution in [0.2, 0.25) is 0 Å². The fourth-order valence-corrected chi connectivity index (χ4v) is 0.220. The summed E-state index contributed by atoms with van der Waals surface area (Å²) in [4.78, 5) is 0. The third-order valence-corrected chi connectivity index (χ3v) is 0.603. The Bertz CT molecular complexity index is 77.6. The van der Waals surface area contributed by atoms with E-state index in [1.165, 1.54) is 0 Å². The Morgan fingerprint density at radius 3 is 1.78 bits per heavy atom. The molecule has 0 aromatic heterocycles. The quantitative estimate of drug-likeness (QED) is 0.658. The van der Waals surface area contributed by atoms with Crippen molar-refractivity contribution in [2.45, 2.75) is 10.7 Å². The molecule has 0 atom stereocenters. The van der Waals surface area contributed by atoms with Crippen LogP contribution in [0.25, 0.3) is 0 Å². The zero-order valence-electron chi connectivity index (χ0n) is 4.45. The Morgan fingerprint density at radius 2 is 1.78 bits per heavy atom. The highest BCUT2D eigenvalue weighted by Gasteiger charge is 1.78. The Labute approximate surface area is 78.0 Å². The Morgan fingerprint density at radius 1 is 1.44 bits per heavy atom. The summed E-state index contributed by atoms with van der Waals surface area (Å²) in [7, 11) is 0. The highest BCUT2D eigenvalue weighted by molar-refractivity contribution is 9.09. The molecule has 0 aromatic rings. The van der Waals surface area contributed by atoms with Gasteiger partial charge in [0.25, 0.3) is 0 Å². The summed E-state index contributed by atoms with van der Waals surface area (Å²) in [6.07, 6.45) is 0.611. The maximum Gasteiger partial charge on any atom is 0.180 e. The summed E-state index contributed by atoms with van der Waals surface area (Å²) in [6.45, 7) is 0. The molecule has 0 bridgehead atoms. The molecule has 5 heteroatoms. The van der Waals surface area contributed by atoms with Crippen molar-refractivity contribution < 1.29 is 0 Å². The summed E-state index contributed by atoms with van der Waals surface area (Å²) in [6, 6.07) is 1.97. The Hall–Kier alpha value is 0.840. The molecule has 0 saturated carbocycles. The van der Waals surface area contributed by atoms with Gasteiger partial charge in [-0.2, -0.15) is 5.26 Å². The number of alkyl halides is 4. The third kappa shape index (κ3) is 51.3. The number of rotatable bonds is 1. The molecule has 0 aliphatic carbocycles. The summed E-state index contributed by atoms with van der Waals surface area (Å²) in [5.74, 6) is 0. The standard InChI is InChI=1S/C3H4BrN.CHCl3/c4-2-1-3-5;2-1(3)4/h1-2H2;1H. The summed E-state index contributed by atoms with van der Waals surface area (Å²) >= 11 is 17.5. The van der Waals surface area contributed by atoms with Crippen LogP contribution in [-0.4, -0.2) is 9.63 Å². The highest BCUT2D eigenvalue weighted by Crippen LogP contribution is 2.03. The lowest BCUT2D eigenvalue weighted by molar-refractivity contribution is 1.25. The number of nitrogens with zero attached hydrogens (tertiary/aromatic N) is 1. The van der Waals surface area contributed by atoms with Crippen molar-refractivity contribution in [3.63, 3.8) is 0 Å². The molecular formula is C4H5BrCl3N. The molecule has 0 unspecified atom stereocenters. The average Bonchev–Trinajstić information content (AvgIpc) is 1.66. The van der Waals surface area contributed by atoms with Gasteiger partial charge in [-0.15, -0.1) is 0 Å². The predicted molar refractivity (Wildman–Crippen MR) is 45.4 cm³/mol. The fourth-order valence-electron chi connectivity index (χ4n) is 0.0423. The summed E-state index contributed by atoms with van der Waals surface area (Å²) < 4.78 is -0.750. The van der Waals surface area contributed by atoms with Gasteiger partial charge in [-0.25, -0.2) is 0 Å². The van der Waals surface area contributed by atoms with Crippen LogP contribution in [0.15, 0.2) is 0 Å². The van der Waals surface area contributed by atoms with E-state index >= 15 is 0 Å². The van der Waals surface area contributed by atoms with E-state index in [1.54, 1.807) is 0 Å². The van der Waals surface area contributed by atoms with Gasteiger partial charge < -0.3 is 0 Å². The van der Waals surface area contributed by atoms with Crippen LogP contribution in [0, 0.1) is 11.3 Å². The maximum absolute atomic E-state index is 7.79.